The highest BCUT2D eigenvalue weighted by atomic mass is 16.5. The number of fused-ring (bicyclic) bond motifs is 1. The Bertz CT molecular complexity index is 1320. The quantitative estimate of drug-likeness (QED) is 0.471. The SMILES string of the molecule is Cc1ccccc1OCC(O)Cn1c(Oc2ccccc2)nc2c1c(=O)[nH]c(=O)n2C. The van der Waals surface area contributed by atoms with E-state index in [2.05, 4.69) is 9.97 Å². The molecule has 2 aromatic heterocycles. The van der Waals surface area contributed by atoms with Crippen LogP contribution < -0.4 is 20.7 Å². The van der Waals surface area contributed by atoms with Crippen LogP contribution in [0.4, 0.5) is 0 Å². The maximum atomic E-state index is 12.5. The van der Waals surface area contributed by atoms with Crippen LogP contribution >= 0.6 is 0 Å². The number of nitrogens with zero attached hydrogens (tertiary/aromatic N) is 3. The van der Waals surface area contributed by atoms with Crippen molar-refractivity contribution in [1.29, 1.82) is 0 Å². The van der Waals surface area contributed by atoms with Crippen LogP contribution in [0.25, 0.3) is 11.2 Å². The molecule has 0 spiro atoms. The third kappa shape index (κ3) is 4.22. The molecule has 0 saturated carbocycles. The topological polar surface area (TPSA) is 111 Å². The molecular formula is C22H22N4O5. The molecule has 0 amide bonds. The van der Waals surface area contributed by atoms with Crippen LogP contribution in [0.2, 0.25) is 0 Å². The second-order valence-corrected chi connectivity index (χ2v) is 7.14. The van der Waals surface area contributed by atoms with Crippen molar-refractivity contribution in [2.45, 2.75) is 19.6 Å². The molecule has 0 bridgehead atoms. The van der Waals surface area contributed by atoms with Gasteiger partial charge in [0.05, 0.1) is 6.54 Å². The fourth-order valence-corrected chi connectivity index (χ4v) is 3.22. The van der Waals surface area contributed by atoms with Gasteiger partial charge in [-0.15, -0.1) is 0 Å². The Morgan fingerprint density at radius 3 is 2.55 bits per heavy atom. The van der Waals surface area contributed by atoms with Crippen molar-refractivity contribution in [3.8, 4) is 17.5 Å². The van der Waals surface area contributed by atoms with E-state index in [1.807, 2.05) is 37.3 Å². The van der Waals surface area contributed by atoms with Crippen molar-refractivity contribution in [3.05, 3.63) is 81.0 Å². The van der Waals surface area contributed by atoms with Gasteiger partial charge in [0.15, 0.2) is 11.2 Å². The summed E-state index contributed by atoms with van der Waals surface area (Å²) >= 11 is 0. The number of aryl methyl sites for hydroxylation is 2. The summed E-state index contributed by atoms with van der Waals surface area (Å²) in [6, 6.07) is 16.5. The number of H-pyrrole nitrogens is 1. The third-order valence-electron chi connectivity index (χ3n) is 4.84. The zero-order chi connectivity index (χ0) is 22.0. The van der Waals surface area contributed by atoms with Gasteiger partial charge < -0.3 is 14.6 Å². The standard InChI is InChI=1S/C22H22N4O5/c1-14-8-6-7-11-17(14)30-13-15(27)12-26-18-19(25(2)21(29)24-20(18)28)23-22(26)31-16-9-4-3-5-10-16/h3-11,15,27H,12-13H2,1-2H3,(H,24,28,29). The number of hydrogen-bond donors (Lipinski definition) is 2. The average molecular weight is 422 g/mol. The molecule has 2 N–H and O–H groups in total. The minimum absolute atomic E-state index is 0.00102. The Kier molecular flexibility index (Phi) is 5.59. The molecule has 160 valence electrons. The van der Waals surface area contributed by atoms with E-state index in [9.17, 15) is 14.7 Å². The van der Waals surface area contributed by atoms with E-state index in [1.54, 1.807) is 24.3 Å². The number of rotatable bonds is 7. The Balaban J connectivity index is 1.68. The van der Waals surface area contributed by atoms with Gasteiger partial charge in [-0.05, 0) is 30.7 Å². The number of nitrogens with one attached hydrogen (secondary N) is 1. The van der Waals surface area contributed by atoms with Crippen LogP contribution in [0.5, 0.6) is 17.5 Å². The number of aromatic nitrogens is 4. The second-order valence-electron chi connectivity index (χ2n) is 7.14. The van der Waals surface area contributed by atoms with E-state index in [1.165, 1.54) is 16.2 Å². The van der Waals surface area contributed by atoms with Gasteiger partial charge >= 0.3 is 11.7 Å². The highest BCUT2D eigenvalue weighted by molar-refractivity contribution is 5.71. The van der Waals surface area contributed by atoms with Crippen molar-refractivity contribution >= 4 is 11.2 Å². The van der Waals surface area contributed by atoms with E-state index < -0.39 is 17.4 Å². The number of imidazole rings is 1. The van der Waals surface area contributed by atoms with Crippen LogP contribution in [0.1, 0.15) is 5.56 Å². The van der Waals surface area contributed by atoms with E-state index in [-0.39, 0.29) is 30.3 Å². The van der Waals surface area contributed by atoms with Gasteiger partial charge in [0.1, 0.15) is 24.2 Å². The number of aliphatic hydroxyl groups is 1. The molecular weight excluding hydrogens is 400 g/mol. The summed E-state index contributed by atoms with van der Waals surface area (Å²) in [7, 11) is 1.50. The van der Waals surface area contributed by atoms with Gasteiger partial charge in [-0.25, -0.2) is 4.79 Å². The first kappa shape index (κ1) is 20.4. The monoisotopic (exact) mass is 422 g/mol. The molecule has 1 unspecified atom stereocenters. The molecule has 0 fully saturated rings. The highest BCUT2D eigenvalue weighted by Gasteiger charge is 2.21. The Morgan fingerprint density at radius 1 is 1.10 bits per heavy atom. The zero-order valence-electron chi connectivity index (χ0n) is 17.1. The average Bonchev–Trinajstić information content (AvgIpc) is 3.10. The molecule has 0 aliphatic carbocycles. The summed E-state index contributed by atoms with van der Waals surface area (Å²) < 4.78 is 14.3. The first-order valence-electron chi connectivity index (χ1n) is 9.73. The largest absolute Gasteiger partial charge is 0.491 e. The smallest absolute Gasteiger partial charge is 0.329 e. The van der Waals surface area contributed by atoms with Crippen molar-refractivity contribution in [1.82, 2.24) is 19.1 Å². The van der Waals surface area contributed by atoms with Gasteiger partial charge in [0, 0.05) is 7.05 Å². The lowest BCUT2D eigenvalue weighted by Crippen LogP contribution is -2.30. The number of para-hydroxylation sites is 2. The van der Waals surface area contributed by atoms with Crippen molar-refractivity contribution in [2.75, 3.05) is 6.61 Å². The van der Waals surface area contributed by atoms with Crippen LogP contribution in [0.3, 0.4) is 0 Å². The van der Waals surface area contributed by atoms with Crippen molar-refractivity contribution in [2.24, 2.45) is 7.05 Å². The van der Waals surface area contributed by atoms with Crippen LogP contribution in [-0.2, 0) is 13.6 Å². The molecule has 0 aliphatic rings. The lowest BCUT2D eigenvalue weighted by Gasteiger charge is -2.16. The van der Waals surface area contributed by atoms with Gasteiger partial charge in [-0.1, -0.05) is 36.4 Å². The predicted molar refractivity (Wildman–Crippen MR) is 115 cm³/mol. The Hall–Kier alpha value is -3.85. The minimum Gasteiger partial charge on any atom is -0.491 e. The van der Waals surface area contributed by atoms with Crippen LogP contribution in [0, 0.1) is 6.92 Å². The van der Waals surface area contributed by atoms with Gasteiger partial charge in [0.2, 0.25) is 0 Å². The van der Waals surface area contributed by atoms with Crippen molar-refractivity contribution in [3.63, 3.8) is 0 Å². The molecule has 4 aromatic rings. The van der Waals surface area contributed by atoms with E-state index in [4.69, 9.17) is 9.47 Å². The highest BCUT2D eigenvalue weighted by Crippen LogP contribution is 2.24. The van der Waals surface area contributed by atoms with E-state index in [0.717, 1.165) is 5.56 Å². The van der Waals surface area contributed by atoms with E-state index >= 15 is 0 Å². The molecule has 0 radical (unpaired) electrons. The predicted octanol–water partition coefficient (Wildman–Crippen LogP) is 1.96. The van der Waals surface area contributed by atoms with Gasteiger partial charge in [-0.3, -0.25) is 18.9 Å². The summed E-state index contributed by atoms with van der Waals surface area (Å²) in [6.07, 6.45) is -0.966. The fraction of sp³-hybridized carbons (Fsp3) is 0.227. The Morgan fingerprint density at radius 2 is 1.81 bits per heavy atom. The lowest BCUT2D eigenvalue weighted by atomic mass is 10.2. The first-order valence-corrected chi connectivity index (χ1v) is 9.73. The molecule has 4 rings (SSSR count). The minimum atomic E-state index is -0.966. The summed E-state index contributed by atoms with van der Waals surface area (Å²) in [4.78, 5) is 31.1. The summed E-state index contributed by atoms with van der Waals surface area (Å²) in [5.74, 6) is 1.17. The first-order chi connectivity index (χ1) is 14.9. The molecule has 2 aromatic carbocycles. The van der Waals surface area contributed by atoms with Gasteiger partial charge in [0.25, 0.3) is 5.56 Å². The molecule has 0 saturated heterocycles. The lowest BCUT2D eigenvalue weighted by molar-refractivity contribution is 0.0912. The number of aromatic amines is 1. The number of benzene rings is 2. The molecule has 2 heterocycles. The van der Waals surface area contributed by atoms with Gasteiger partial charge in [-0.2, -0.15) is 4.98 Å². The molecule has 9 nitrogen and oxygen atoms in total. The van der Waals surface area contributed by atoms with Crippen LogP contribution in [-0.4, -0.2) is 36.9 Å². The number of ether oxygens (including phenoxy) is 2. The molecule has 0 aliphatic heterocycles. The molecule has 9 heteroatoms. The second kappa shape index (κ2) is 8.49. The maximum Gasteiger partial charge on any atom is 0.329 e. The number of aliphatic hydroxyl groups excluding tert-OH is 1. The van der Waals surface area contributed by atoms with Crippen LogP contribution in [0.15, 0.2) is 64.2 Å². The van der Waals surface area contributed by atoms with Crippen molar-refractivity contribution < 1.29 is 14.6 Å². The maximum absolute atomic E-state index is 12.5. The molecule has 31 heavy (non-hydrogen) atoms. The summed E-state index contributed by atoms with van der Waals surface area (Å²) in [5, 5.41) is 10.6. The fourth-order valence-electron chi connectivity index (χ4n) is 3.22. The third-order valence-corrected chi connectivity index (χ3v) is 4.84. The number of hydrogen-bond acceptors (Lipinski definition) is 6. The summed E-state index contributed by atoms with van der Waals surface area (Å²) in [6.45, 7) is 1.89. The molecule has 1 atom stereocenters. The Labute approximate surface area is 177 Å². The normalized spacial score (nSPS) is 12.1. The summed E-state index contributed by atoms with van der Waals surface area (Å²) in [5.41, 5.74) is 0.0365. The van der Waals surface area contributed by atoms with E-state index in [0.29, 0.717) is 11.5 Å². The zero-order valence-corrected chi connectivity index (χ0v) is 17.1.